The van der Waals surface area contributed by atoms with E-state index in [0.29, 0.717) is 0 Å². The fourth-order valence-corrected chi connectivity index (χ4v) is 4.85. The normalized spacial score (nSPS) is 24.3. The summed E-state index contributed by atoms with van der Waals surface area (Å²) in [7, 11) is -4.29. The molecular weight excluding hydrogens is 500 g/mol. The lowest BCUT2D eigenvalue weighted by molar-refractivity contribution is -0.149. The molecule has 0 amide bonds. The summed E-state index contributed by atoms with van der Waals surface area (Å²) in [5.74, 6) is -0.554. The van der Waals surface area contributed by atoms with Crippen LogP contribution in [0.2, 0.25) is 0 Å². The van der Waals surface area contributed by atoms with Crippen LogP contribution in [-0.2, 0) is 23.4 Å². The van der Waals surface area contributed by atoms with Gasteiger partial charge in [0.2, 0.25) is 0 Å². The van der Waals surface area contributed by atoms with Gasteiger partial charge in [-0.3, -0.25) is 23.7 Å². The van der Waals surface area contributed by atoms with E-state index >= 15 is 0 Å². The van der Waals surface area contributed by atoms with Crippen LogP contribution in [0.5, 0.6) is 5.75 Å². The Hall–Kier alpha value is -2.83. The molecule has 1 unspecified atom stereocenters. The van der Waals surface area contributed by atoms with Gasteiger partial charge in [0.25, 0.3) is 5.56 Å². The summed E-state index contributed by atoms with van der Waals surface area (Å²) < 4.78 is 50.7. The summed E-state index contributed by atoms with van der Waals surface area (Å²) in [6, 6.07) is 6.87. The molecule has 1 aliphatic heterocycles. The van der Waals surface area contributed by atoms with Gasteiger partial charge < -0.3 is 19.1 Å². The number of hydrogen-bond donors (Lipinski definition) is 3. The number of hydrogen-bond acceptors (Lipinski definition) is 9. The van der Waals surface area contributed by atoms with Gasteiger partial charge in [-0.05, 0) is 39.8 Å². The molecule has 36 heavy (non-hydrogen) atoms. The molecule has 3 N–H and O–H groups in total. The lowest BCUT2D eigenvalue weighted by atomic mass is 10.1. The van der Waals surface area contributed by atoms with E-state index in [1.807, 2.05) is 4.98 Å². The predicted molar refractivity (Wildman–Crippen MR) is 125 cm³/mol. The zero-order valence-corrected chi connectivity index (χ0v) is 21.0. The number of esters is 1. The molecule has 198 valence electrons. The molecule has 3 rings (SSSR count). The van der Waals surface area contributed by atoms with Crippen molar-refractivity contribution in [2.75, 3.05) is 6.61 Å². The molecule has 1 saturated heterocycles. The zero-order chi connectivity index (χ0) is 26.6. The topological polar surface area (TPSA) is 158 Å². The molecule has 1 aromatic heterocycles. The number of rotatable bonds is 10. The van der Waals surface area contributed by atoms with Gasteiger partial charge in [0.05, 0.1) is 12.7 Å². The number of aryl methyl sites for hydroxylation is 1. The monoisotopic (exact) mass is 529 g/mol. The Morgan fingerprint density at radius 3 is 2.58 bits per heavy atom. The highest BCUT2D eigenvalue weighted by molar-refractivity contribution is 7.52. The number of halogens is 1. The van der Waals surface area contributed by atoms with Gasteiger partial charge >= 0.3 is 19.4 Å². The summed E-state index contributed by atoms with van der Waals surface area (Å²) in [5, 5.41) is 12.8. The van der Waals surface area contributed by atoms with Crippen LogP contribution in [0.3, 0.4) is 0 Å². The van der Waals surface area contributed by atoms with E-state index in [0.717, 1.165) is 10.8 Å². The number of aromatic amines is 1. The fraction of sp³-hybridized carbons (Fsp3) is 0.500. The van der Waals surface area contributed by atoms with Gasteiger partial charge in [0.15, 0.2) is 12.4 Å². The standard InChI is InChI=1S/C22H29FN3O9P/c1-12(2)33-21(29)14(4)25-36(31,35-15-8-6-5-7-9-15)32-11-16-18(27)17(23)20(34-16)26-10-13(3)19(28)24-22(26)30/h5-10,12,14,16-18,20,27H,11H2,1-4H3,(H,25,31)(H,24,28,30)/t14-,16-,17+,18?,20-,36+/m0/s1. The summed E-state index contributed by atoms with van der Waals surface area (Å²) in [5.41, 5.74) is -1.43. The van der Waals surface area contributed by atoms with Gasteiger partial charge in [0, 0.05) is 11.8 Å². The van der Waals surface area contributed by atoms with Crippen LogP contribution in [-0.4, -0.2) is 57.8 Å². The number of nitrogens with zero attached hydrogens (tertiary/aromatic N) is 1. The van der Waals surface area contributed by atoms with Crippen molar-refractivity contribution in [3.63, 3.8) is 0 Å². The van der Waals surface area contributed by atoms with E-state index in [2.05, 4.69) is 5.09 Å². The summed E-state index contributed by atoms with van der Waals surface area (Å²) in [6.07, 6.45) is -6.07. The van der Waals surface area contributed by atoms with Crippen molar-refractivity contribution in [1.82, 2.24) is 14.6 Å². The quantitative estimate of drug-likeness (QED) is 0.305. The first-order valence-corrected chi connectivity index (χ1v) is 12.7. The van der Waals surface area contributed by atoms with Crippen LogP contribution in [0.1, 0.15) is 32.6 Å². The lowest BCUT2D eigenvalue weighted by Gasteiger charge is -2.25. The van der Waals surface area contributed by atoms with Crippen LogP contribution in [0.15, 0.2) is 46.1 Å². The number of carbonyl (C=O) groups is 1. The van der Waals surface area contributed by atoms with Crippen molar-refractivity contribution in [2.45, 2.75) is 64.4 Å². The van der Waals surface area contributed by atoms with Crippen molar-refractivity contribution in [1.29, 1.82) is 0 Å². The number of para-hydroxylation sites is 1. The van der Waals surface area contributed by atoms with Gasteiger partial charge in [-0.25, -0.2) is 13.8 Å². The van der Waals surface area contributed by atoms with Crippen LogP contribution in [0.25, 0.3) is 0 Å². The Morgan fingerprint density at radius 2 is 1.94 bits per heavy atom. The number of carbonyl (C=O) groups excluding carboxylic acids is 1. The molecule has 1 aromatic carbocycles. The van der Waals surface area contributed by atoms with Gasteiger partial charge in [-0.2, -0.15) is 5.09 Å². The number of nitrogens with one attached hydrogen (secondary N) is 2. The smallest absolute Gasteiger partial charge is 0.459 e. The first-order chi connectivity index (χ1) is 16.9. The third-order valence-electron chi connectivity index (χ3n) is 5.15. The maximum atomic E-state index is 14.9. The molecular formula is C22H29FN3O9P. The molecule has 0 aliphatic carbocycles. The Balaban J connectivity index is 1.77. The third-order valence-corrected chi connectivity index (χ3v) is 6.79. The zero-order valence-electron chi connectivity index (χ0n) is 20.1. The number of aliphatic hydroxyl groups is 1. The molecule has 2 heterocycles. The second kappa shape index (κ2) is 11.5. The largest absolute Gasteiger partial charge is 0.462 e. The number of ether oxygens (including phenoxy) is 2. The predicted octanol–water partition coefficient (Wildman–Crippen LogP) is 1.57. The van der Waals surface area contributed by atoms with Gasteiger partial charge in [-0.1, -0.05) is 18.2 Å². The Labute approximate surface area is 205 Å². The molecule has 1 fully saturated rings. The molecule has 0 radical (unpaired) electrons. The number of H-pyrrole nitrogens is 1. The molecule has 14 heteroatoms. The minimum absolute atomic E-state index is 0.131. The fourth-order valence-electron chi connectivity index (χ4n) is 3.35. The lowest BCUT2D eigenvalue weighted by Crippen LogP contribution is -2.37. The molecule has 2 aromatic rings. The van der Waals surface area contributed by atoms with Crippen LogP contribution >= 0.6 is 7.75 Å². The third kappa shape index (κ3) is 6.68. The van der Waals surface area contributed by atoms with Crippen LogP contribution in [0.4, 0.5) is 4.39 Å². The van der Waals surface area contributed by atoms with Crippen molar-refractivity contribution < 1.29 is 37.4 Å². The van der Waals surface area contributed by atoms with Gasteiger partial charge in [-0.15, -0.1) is 0 Å². The maximum absolute atomic E-state index is 14.9. The Kier molecular flexibility index (Phi) is 8.85. The summed E-state index contributed by atoms with van der Waals surface area (Å²) >= 11 is 0. The summed E-state index contributed by atoms with van der Waals surface area (Å²) in [6.45, 7) is 5.49. The molecule has 0 bridgehead atoms. The van der Waals surface area contributed by atoms with E-state index in [4.69, 9.17) is 18.5 Å². The number of aromatic nitrogens is 2. The van der Waals surface area contributed by atoms with E-state index < -0.39 is 68.3 Å². The van der Waals surface area contributed by atoms with Crippen molar-refractivity contribution in [3.8, 4) is 5.75 Å². The van der Waals surface area contributed by atoms with Crippen LogP contribution < -0.4 is 20.9 Å². The van der Waals surface area contributed by atoms with Crippen molar-refractivity contribution in [2.24, 2.45) is 0 Å². The highest BCUT2D eigenvalue weighted by Crippen LogP contribution is 2.46. The molecule has 6 atom stereocenters. The highest BCUT2D eigenvalue weighted by Gasteiger charge is 2.47. The van der Waals surface area contributed by atoms with E-state index in [-0.39, 0.29) is 11.3 Å². The van der Waals surface area contributed by atoms with Gasteiger partial charge in [0.1, 0.15) is 24.0 Å². The molecule has 0 saturated carbocycles. The molecule has 1 aliphatic rings. The number of aliphatic hydroxyl groups excluding tert-OH is 1. The second-order valence-electron chi connectivity index (χ2n) is 8.51. The minimum atomic E-state index is -4.29. The SMILES string of the molecule is Cc1cn([C@H]2O[C@@H](CO[P@](=O)(N[C@@H](C)C(=O)OC(C)C)Oc3ccccc3)C(O)[C@H]2F)c(=O)[nH]c1=O. The van der Waals surface area contributed by atoms with E-state index in [9.17, 15) is 28.4 Å². The van der Waals surface area contributed by atoms with Crippen molar-refractivity contribution in [3.05, 3.63) is 62.9 Å². The Bertz CT molecular complexity index is 1220. The first kappa shape index (κ1) is 27.8. The maximum Gasteiger partial charge on any atom is 0.459 e. The first-order valence-electron chi connectivity index (χ1n) is 11.2. The Morgan fingerprint density at radius 1 is 1.28 bits per heavy atom. The van der Waals surface area contributed by atoms with Crippen molar-refractivity contribution >= 4 is 13.7 Å². The van der Waals surface area contributed by atoms with Crippen LogP contribution in [0, 0.1) is 6.92 Å². The second-order valence-corrected chi connectivity index (χ2v) is 10.2. The van der Waals surface area contributed by atoms with E-state index in [1.54, 1.807) is 32.0 Å². The number of benzene rings is 1. The van der Waals surface area contributed by atoms with E-state index in [1.165, 1.54) is 26.0 Å². The molecule has 0 spiro atoms. The minimum Gasteiger partial charge on any atom is -0.462 e. The number of alkyl halides is 1. The summed E-state index contributed by atoms with van der Waals surface area (Å²) in [4.78, 5) is 38.0. The average Bonchev–Trinajstić information content (AvgIpc) is 3.08. The highest BCUT2D eigenvalue weighted by atomic mass is 31.2. The molecule has 12 nitrogen and oxygen atoms in total. The average molecular weight is 529 g/mol.